The van der Waals surface area contributed by atoms with Gasteiger partial charge in [0.25, 0.3) is 0 Å². The van der Waals surface area contributed by atoms with Gasteiger partial charge in [-0.1, -0.05) is 0 Å². The third-order valence-corrected chi connectivity index (χ3v) is 5.98. The van der Waals surface area contributed by atoms with Crippen LogP contribution < -0.4 is 0 Å². The van der Waals surface area contributed by atoms with Crippen molar-refractivity contribution in [3.8, 4) is 0 Å². The summed E-state index contributed by atoms with van der Waals surface area (Å²) in [6.45, 7) is 0. The van der Waals surface area contributed by atoms with Gasteiger partial charge in [-0.2, -0.15) is 140 Å². The number of rotatable bonds is 6. The highest BCUT2D eigenvalue weighted by Crippen LogP contribution is 2.69. The van der Waals surface area contributed by atoms with Crippen molar-refractivity contribution in [3.63, 3.8) is 0 Å². The maximum Gasteiger partial charge on any atom is 0.447 e. The van der Waals surface area contributed by atoms with Gasteiger partial charge in [-0.15, -0.1) is 0 Å². The molecular weight excluding hydrogens is 860 g/mol. The van der Waals surface area contributed by atoms with Crippen LogP contribution in [0.4, 0.5) is 140 Å². The van der Waals surface area contributed by atoms with Crippen LogP contribution in [0.25, 0.3) is 0 Å². The average Bonchev–Trinajstić information content (AvgIpc) is 2.85. The molecule has 0 saturated heterocycles. The third-order valence-electron chi connectivity index (χ3n) is 5.98. The van der Waals surface area contributed by atoms with Crippen molar-refractivity contribution in [2.24, 2.45) is 0 Å². The van der Waals surface area contributed by atoms with E-state index in [0.29, 0.717) is 0 Å². The SMILES string of the molecule is FC(F)(F)C(OC1=C(OC(C(F)(F)F)(C(F)(F)F)C(F)(F)F)C(F)(OC(C(F)(F)F)(C(F)(F)F)C(F)(F)F)C(F)(F)C1(F)F)(C(F)(F)F)C(F)(F)F. The van der Waals surface area contributed by atoms with Gasteiger partial charge in [-0.3, -0.25) is 0 Å². The molecule has 1 aliphatic rings. The Morgan fingerprint density at radius 3 is 0.673 bits per heavy atom. The summed E-state index contributed by atoms with van der Waals surface area (Å²) in [6, 6.07) is 0. The Bertz CT molecular complexity index is 1240. The molecule has 35 heteroatoms. The summed E-state index contributed by atoms with van der Waals surface area (Å²) in [4.78, 5) is 0. The van der Waals surface area contributed by atoms with Crippen molar-refractivity contribution in [1.29, 1.82) is 0 Å². The van der Waals surface area contributed by atoms with Gasteiger partial charge in [0.05, 0.1) is 0 Å². The minimum absolute atomic E-state index is 1.15. The maximum absolute atomic E-state index is 15.6. The van der Waals surface area contributed by atoms with Gasteiger partial charge < -0.3 is 14.2 Å². The second kappa shape index (κ2) is 11.5. The van der Waals surface area contributed by atoms with Gasteiger partial charge in [0.2, 0.25) is 11.5 Å². The van der Waals surface area contributed by atoms with Gasteiger partial charge in [0.1, 0.15) is 0 Å². The topological polar surface area (TPSA) is 27.7 Å². The molecule has 0 heterocycles. The van der Waals surface area contributed by atoms with Gasteiger partial charge in [-0.25, -0.2) is 0 Å². The smallest absolute Gasteiger partial charge is 0.447 e. The van der Waals surface area contributed by atoms with Crippen LogP contribution in [-0.4, -0.2) is 90.1 Å². The van der Waals surface area contributed by atoms with E-state index in [-0.39, 0.29) is 0 Å². The number of ether oxygens (including phenoxy) is 3. The standard InChI is InChI=1S/C17F32O3/c18-3(19)1(50-5(9(23,24)25,10(26,27)28)11(29,30)31)2(51-6(12(32,33)34,13(35,36)37)14(38,39)40)4(20,8(3,21)22)52-7(15(41,42)43,16(44,45)46)17(47,48)49. The summed E-state index contributed by atoms with van der Waals surface area (Å²) in [5.74, 6) is -40.0. The molecule has 0 amide bonds. The molecule has 0 radical (unpaired) electrons. The Labute approximate surface area is 258 Å². The molecule has 310 valence electrons. The fraction of sp³-hybridized carbons (Fsp3) is 0.882. The first-order valence-corrected chi connectivity index (χ1v) is 10.8. The first-order chi connectivity index (χ1) is 21.9. The number of halogens is 32. The summed E-state index contributed by atoms with van der Waals surface area (Å²) < 4.78 is 437. The minimum atomic E-state index is -9.29. The Hall–Kier alpha value is -2.94. The summed E-state index contributed by atoms with van der Waals surface area (Å²) in [7, 11) is 0. The van der Waals surface area contributed by atoms with E-state index in [0.717, 1.165) is 4.74 Å². The molecule has 0 N–H and O–H groups in total. The molecule has 3 nitrogen and oxygen atoms in total. The number of allylic oxidation sites excluding steroid dienone is 1. The molecule has 1 unspecified atom stereocenters. The van der Waals surface area contributed by atoms with Crippen molar-refractivity contribution in [2.45, 2.75) is 90.1 Å². The lowest BCUT2D eigenvalue weighted by Gasteiger charge is -2.44. The third kappa shape index (κ3) is 6.09. The van der Waals surface area contributed by atoms with Gasteiger partial charge in [0, 0.05) is 0 Å². The summed E-state index contributed by atoms with van der Waals surface area (Å²) in [6.07, 6.45) is -80.7. The molecule has 0 spiro atoms. The zero-order valence-electron chi connectivity index (χ0n) is 21.8. The van der Waals surface area contributed by atoms with Crippen molar-refractivity contribution in [1.82, 2.24) is 0 Å². The summed E-state index contributed by atoms with van der Waals surface area (Å²) >= 11 is 0. The zero-order valence-corrected chi connectivity index (χ0v) is 21.8. The highest BCUT2D eigenvalue weighted by molar-refractivity contribution is 5.37. The lowest BCUT2D eigenvalue weighted by molar-refractivity contribution is -0.504. The van der Waals surface area contributed by atoms with Crippen LogP contribution in [0.3, 0.4) is 0 Å². The summed E-state index contributed by atoms with van der Waals surface area (Å²) in [5.41, 5.74) is -27.6. The van der Waals surface area contributed by atoms with E-state index in [4.69, 9.17) is 0 Å². The molecule has 0 aromatic rings. The van der Waals surface area contributed by atoms with E-state index in [2.05, 4.69) is 0 Å². The second-order valence-electron chi connectivity index (χ2n) is 9.23. The fourth-order valence-electron chi connectivity index (χ4n) is 3.59. The number of hydrogen-bond donors (Lipinski definition) is 0. The normalized spacial score (nSPS) is 22.2. The first kappa shape index (κ1) is 47.1. The van der Waals surface area contributed by atoms with E-state index >= 15 is 4.39 Å². The van der Waals surface area contributed by atoms with E-state index in [1.807, 2.05) is 0 Å². The molecule has 0 aromatic heterocycles. The molecule has 0 saturated carbocycles. The predicted octanol–water partition coefficient (Wildman–Crippen LogP) is 10.5. The Morgan fingerprint density at radius 2 is 0.481 bits per heavy atom. The van der Waals surface area contributed by atoms with E-state index in [1.54, 1.807) is 0 Å². The van der Waals surface area contributed by atoms with Crippen molar-refractivity contribution >= 4 is 0 Å². The second-order valence-corrected chi connectivity index (χ2v) is 9.23. The average molecular weight is 860 g/mol. The van der Waals surface area contributed by atoms with Gasteiger partial charge in [0.15, 0.2) is 0 Å². The molecule has 0 fully saturated rings. The lowest BCUT2D eigenvalue weighted by Crippen LogP contribution is -2.73. The molecule has 52 heavy (non-hydrogen) atoms. The van der Waals surface area contributed by atoms with Crippen LogP contribution in [-0.2, 0) is 14.2 Å². The van der Waals surface area contributed by atoms with Crippen molar-refractivity contribution < 1.29 is 155 Å². The maximum atomic E-state index is 15.6. The molecule has 1 aliphatic carbocycles. The highest BCUT2D eigenvalue weighted by atomic mass is 19.5. The fourth-order valence-corrected chi connectivity index (χ4v) is 3.59. The highest BCUT2D eigenvalue weighted by Gasteiger charge is 2.96. The van der Waals surface area contributed by atoms with E-state index in [9.17, 15) is 136 Å². The van der Waals surface area contributed by atoms with Gasteiger partial charge in [-0.05, 0) is 0 Å². The monoisotopic (exact) mass is 860 g/mol. The van der Waals surface area contributed by atoms with Crippen LogP contribution in [0.5, 0.6) is 0 Å². The minimum Gasteiger partial charge on any atom is -0.456 e. The van der Waals surface area contributed by atoms with Crippen LogP contribution in [0.15, 0.2) is 11.5 Å². The van der Waals surface area contributed by atoms with Crippen LogP contribution in [0, 0.1) is 0 Å². The molecule has 1 rings (SSSR count). The van der Waals surface area contributed by atoms with Crippen LogP contribution >= 0.6 is 0 Å². The lowest BCUT2D eigenvalue weighted by atomic mass is 9.99. The quantitative estimate of drug-likeness (QED) is 0.249. The van der Waals surface area contributed by atoms with Gasteiger partial charge >= 0.3 is 90.1 Å². The largest absolute Gasteiger partial charge is 0.456 e. The first-order valence-electron chi connectivity index (χ1n) is 10.8. The van der Waals surface area contributed by atoms with Crippen LogP contribution in [0.1, 0.15) is 0 Å². The van der Waals surface area contributed by atoms with Crippen LogP contribution in [0.2, 0.25) is 0 Å². The number of alkyl halides is 32. The Morgan fingerprint density at radius 1 is 0.288 bits per heavy atom. The van der Waals surface area contributed by atoms with E-state index < -0.39 is 102 Å². The molecule has 0 aliphatic heterocycles. The predicted molar refractivity (Wildman–Crippen MR) is 86.7 cm³/mol. The Kier molecular flexibility index (Phi) is 10.4. The van der Waals surface area contributed by atoms with E-state index in [1.165, 1.54) is 9.47 Å². The molecule has 0 aromatic carbocycles. The number of hydrogen-bond acceptors (Lipinski definition) is 3. The van der Waals surface area contributed by atoms with Crippen molar-refractivity contribution in [2.75, 3.05) is 0 Å². The Balaban J connectivity index is 5.10. The molecule has 1 atom stereocenters. The summed E-state index contributed by atoms with van der Waals surface area (Å²) in [5, 5.41) is 0. The van der Waals surface area contributed by atoms with Crippen molar-refractivity contribution in [3.05, 3.63) is 11.5 Å². The molecular formula is C17F32O3. The zero-order chi connectivity index (χ0) is 42.8. The molecule has 0 bridgehead atoms.